The fourth-order valence-corrected chi connectivity index (χ4v) is 1.30. The lowest BCUT2D eigenvalue weighted by atomic mass is 10.4. The largest absolute Gasteiger partial charge is 0.405 e. The standard InChI is InChI=1S/C10H8F3N3O/c11-10(12,13)6-14-8-2-4-16-3-1-7(17)5-9(16)15-8/h1-5H,6H2,(H,14,15). The van der Waals surface area contributed by atoms with Crippen molar-refractivity contribution >= 4 is 11.5 Å². The monoisotopic (exact) mass is 243 g/mol. The minimum atomic E-state index is -4.30. The Hall–Kier alpha value is -2.05. The number of nitrogens with one attached hydrogen (secondary N) is 1. The van der Waals surface area contributed by atoms with Crippen LogP contribution in [0.5, 0.6) is 0 Å². The number of rotatable bonds is 2. The van der Waals surface area contributed by atoms with Gasteiger partial charge in [-0.15, -0.1) is 0 Å². The summed E-state index contributed by atoms with van der Waals surface area (Å²) in [6.45, 7) is -1.16. The third-order valence-corrected chi connectivity index (χ3v) is 2.03. The van der Waals surface area contributed by atoms with E-state index in [1.54, 1.807) is 4.40 Å². The van der Waals surface area contributed by atoms with Gasteiger partial charge >= 0.3 is 6.18 Å². The maximum atomic E-state index is 12.0. The van der Waals surface area contributed by atoms with Crippen LogP contribution in [-0.4, -0.2) is 22.1 Å². The van der Waals surface area contributed by atoms with E-state index in [4.69, 9.17) is 0 Å². The van der Waals surface area contributed by atoms with Gasteiger partial charge < -0.3 is 9.72 Å². The third kappa shape index (κ3) is 2.96. The molecular formula is C10H8F3N3O. The van der Waals surface area contributed by atoms with E-state index in [1.807, 2.05) is 0 Å². The number of alkyl halides is 3. The Labute approximate surface area is 93.7 Å². The number of hydrogen-bond donors (Lipinski definition) is 1. The molecule has 0 aliphatic rings. The molecule has 0 radical (unpaired) electrons. The molecule has 0 aromatic carbocycles. The second-order valence-corrected chi connectivity index (χ2v) is 3.41. The predicted molar refractivity (Wildman–Crippen MR) is 56.0 cm³/mol. The number of fused-ring (bicyclic) bond motifs is 1. The summed E-state index contributed by atoms with van der Waals surface area (Å²) in [6.07, 6.45) is -1.27. The van der Waals surface area contributed by atoms with Crippen molar-refractivity contribution in [2.24, 2.45) is 0 Å². The molecular weight excluding hydrogens is 235 g/mol. The van der Waals surface area contributed by atoms with E-state index in [0.29, 0.717) is 5.65 Å². The molecule has 7 heteroatoms. The molecule has 0 aliphatic carbocycles. The van der Waals surface area contributed by atoms with Crippen molar-refractivity contribution in [2.45, 2.75) is 6.18 Å². The zero-order valence-electron chi connectivity index (χ0n) is 8.53. The lowest BCUT2D eigenvalue weighted by Gasteiger charge is -2.09. The highest BCUT2D eigenvalue weighted by molar-refractivity contribution is 5.46. The third-order valence-electron chi connectivity index (χ3n) is 2.03. The smallest absolute Gasteiger partial charge is 0.361 e. The maximum absolute atomic E-state index is 12.0. The average molecular weight is 243 g/mol. The van der Waals surface area contributed by atoms with E-state index in [0.717, 1.165) is 0 Å². The van der Waals surface area contributed by atoms with Gasteiger partial charge in [0.1, 0.15) is 18.0 Å². The van der Waals surface area contributed by atoms with Gasteiger partial charge in [-0.3, -0.25) is 4.79 Å². The van der Waals surface area contributed by atoms with Gasteiger partial charge in [0.2, 0.25) is 0 Å². The average Bonchev–Trinajstić information content (AvgIpc) is 2.24. The molecule has 2 aromatic heterocycles. The molecule has 0 fully saturated rings. The molecule has 4 nitrogen and oxygen atoms in total. The molecule has 2 aromatic rings. The lowest BCUT2D eigenvalue weighted by molar-refractivity contribution is -0.115. The maximum Gasteiger partial charge on any atom is 0.405 e. The molecule has 0 aliphatic heterocycles. The highest BCUT2D eigenvalue weighted by Gasteiger charge is 2.26. The van der Waals surface area contributed by atoms with Crippen molar-refractivity contribution < 1.29 is 13.2 Å². The first-order valence-corrected chi connectivity index (χ1v) is 4.74. The van der Waals surface area contributed by atoms with Gasteiger partial charge in [-0.25, -0.2) is 4.98 Å². The molecule has 0 unspecified atom stereocenters. The molecule has 0 amide bonds. The van der Waals surface area contributed by atoms with Gasteiger partial charge in [0.05, 0.1) is 0 Å². The summed E-state index contributed by atoms with van der Waals surface area (Å²) in [5.74, 6) is 0.0768. The first-order valence-electron chi connectivity index (χ1n) is 4.74. The van der Waals surface area contributed by atoms with Crippen LogP contribution in [0.1, 0.15) is 0 Å². The van der Waals surface area contributed by atoms with Gasteiger partial charge in [0.15, 0.2) is 5.43 Å². The number of hydrogen-bond acceptors (Lipinski definition) is 3. The van der Waals surface area contributed by atoms with Gasteiger partial charge in [0.25, 0.3) is 0 Å². The molecule has 2 heterocycles. The topological polar surface area (TPSA) is 46.4 Å². The quantitative estimate of drug-likeness (QED) is 0.872. The molecule has 0 atom stereocenters. The van der Waals surface area contributed by atoms with E-state index in [1.165, 1.54) is 30.6 Å². The molecule has 90 valence electrons. The number of nitrogens with zero attached hydrogens (tertiary/aromatic N) is 2. The number of anilines is 1. The zero-order valence-corrected chi connectivity index (χ0v) is 8.53. The summed E-state index contributed by atoms with van der Waals surface area (Å²) < 4.78 is 37.5. The van der Waals surface area contributed by atoms with Crippen molar-refractivity contribution in [3.05, 3.63) is 40.8 Å². The molecule has 2 rings (SSSR count). The van der Waals surface area contributed by atoms with Crippen LogP contribution in [0.2, 0.25) is 0 Å². The predicted octanol–water partition coefficient (Wildman–Crippen LogP) is 1.67. The minimum Gasteiger partial charge on any atom is -0.361 e. The molecule has 17 heavy (non-hydrogen) atoms. The molecule has 0 saturated carbocycles. The van der Waals surface area contributed by atoms with Crippen LogP contribution in [0.15, 0.2) is 35.4 Å². The Morgan fingerprint density at radius 2 is 2.00 bits per heavy atom. The fraction of sp³-hybridized carbons (Fsp3) is 0.200. The summed E-state index contributed by atoms with van der Waals surface area (Å²) in [5.41, 5.74) is 0.0511. The molecule has 0 saturated heterocycles. The van der Waals surface area contributed by atoms with Crippen molar-refractivity contribution in [1.82, 2.24) is 9.38 Å². The first kappa shape index (κ1) is 11.4. The van der Waals surface area contributed by atoms with Crippen LogP contribution in [0, 0.1) is 0 Å². The van der Waals surface area contributed by atoms with Crippen LogP contribution in [0.25, 0.3) is 5.65 Å². The number of halogens is 3. The Morgan fingerprint density at radius 1 is 1.29 bits per heavy atom. The van der Waals surface area contributed by atoms with Gasteiger partial charge in [0, 0.05) is 24.5 Å². The van der Waals surface area contributed by atoms with Crippen LogP contribution < -0.4 is 10.7 Å². The van der Waals surface area contributed by atoms with Crippen molar-refractivity contribution in [2.75, 3.05) is 11.9 Å². The number of pyridine rings is 1. The minimum absolute atomic E-state index is 0.0768. The van der Waals surface area contributed by atoms with E-state index < -0.39 is 12.7 Å². The molecule has 0 bridgehead atoms. The Balaban J connectivity index is 2.28. The number of aromatic nitrogens is 2. The van der Waals surface area contributed by atoms with Crippen molar-refractivity contribution in [3.8, 4) is 0 Å². The van der Waals surface area contributed by atoms with Crippen LogP contribution in [0.3, 0.4) is 0 Å². The second-order valence-electron chi connectivity index (χ2n) is 3.41. The summed E-state index contributed by atoms with van der Waals surface area (Å²) in [4.78, 5) is 14.9. The van der Waals surface area contributed by atoms with Crippen LogP contribution in [0.4, 0.5) is 19.0 Å². The summed E-state index contributed by atoms with van der Waals surface area (Å²) in [5, 5.41) is 2.14. The molecule has 1 N–H and O–H groups in total. The van der Waals surface area contributed by atoms with Crippen molar-refractivity contribution in [3.63, 3.8) is 0 Å². The van der Waals surface area contributed by atoms with Crippen LogP contribution in [-0.2, 0) is 0 Å². The SMILES string of the molecule is O=c1ccn2ccc(NCC(F)(F)F)nc2c1. The van der Waals surface area contributed by atoms with Gasteiger partial charge in [-0.1, -0.05) is 0 Å². The Kier molecular flexibility index (Phi) is 2.74. The highest BCUT2D eigenvalue weighted by Crippen LogP contribution is 2.15. The van der Waals surface area contributed by atoms with E-state index in [-0.39, 0.29) is 11.2 Å². The van der Waals surface area contributed by atoms with E-state index in [2.05, 4.69) is 10.3 Å². The normalized spacial score (nSPS) is 11.7. The summed E-state index contributed by atoms with van der Waals surface area (Å²) in [6, 6.07) is 4.00. The molecule has 0 spiro atoms. The zero-order chi connectivity index (χ0) is 12.5. The lowest BCUT2D eigenvalue weighted by Crippen LogP contribution is -2.22. The highest BCUT2D eigenvalue weighted by atomic mass is 19.4. The van der Waals surface area contributed by atoms with Gasteiger partial charge in [-0.05, 0) is 6.07 Å². The van der Waals surface area contributed by atoms with Gasteiger partial charge in [-0.2, -0.15) is 13.2 Å². The Morgan fingerprint density at radius 3 is 2.71 bits per heavy atom. The Bertz CT molecular complexity index is 591. The van der Waals surface area contributed by atoms with E-state index in [9.17, 15) is 18.0 Å². The first-order chi connectivity index (χ1) is 7.94. The van der Waals surface area contributed by atoms with E-state index >= 15 is 0 Å². The summed E-state index contributed by atoms with van der Waals surface area (Å²) >= 11 is 0. The van der Waals surface area contributed by atoms with Crippen molar-refractivity contribution in [1.29, 1.82) is 0 Å². The fourth-order valence-electron chi connectivity index (χ4n) is 1.30. The summed E-state index contributed by atoms with van der Waals surface area (Å²) in [7, 11) is 0. The van der Waals surface area contributed by atoms with Crippen LogP contribution >= 0.6 is 0 Å². The second kappa shape index (κ2) is 4.08.